The van der Waals surface area contributed by atoms with Gasteiger partial charge in [0.25, 0.3) is 0 Å². The Bertz CT molecular complexity index is 1210. The fourth-order valence-corrected chi connectivity index (χ4v) is 3.86. The molecule has 0 radical (unpaired) electrons. The summed E-state index contributed by atoms with van der Waals surface area (Å²) in [5, 5.41) is 9.70. The zero-order valence-corrected chi connectivity index (χ0v) is 19.3. The maximum absolute atomic E-state index is 13.3. The molecule has 3 rings (SSSR count). The minimum Gasteiger partial charge on any atom is -0.494 e. The first-order valence-corrected chi connectivity index (χ1v) is 11.4. The van der Waals surface area contributed by atoms with E-state index in [1.165, 1.54) is 44.4 Å². The van der Waals surface area contributed by atoms with E-state index < -0.39 is 18.0 Å². The predicted octanol–water partition coefficient (Wildman–Crippen LogP) is 6.01. The quantitative estimate of drug-likeness (QED) is 0.215. The molecule has 1 N–H and O–H groups in total. The van der Waals surface area contributed by atoms with Crippen LogP contribution < -0.4 is 10.2 Å². The molecule has 1 atom stereocenters. The molecule has 33 heavy (non-hydrogen) atoms. The highest BCUT2D eigenvalue weighted by molar-refractivity contribution is 5.97. The second-order valence-corrected chi connectivity index (χ2v) is 8.20. The number of benzene rings is 2. The number of carboxylic acid groups (broad SMARTS) is 1. The molecule has 0 fully saturated rings. The Hall–Kier alpha value is -3.35. The molecular formula is C26H30O7. The lowest BCUT2D eigenvalue weighted by molar-refractivity contribution is -0.145. The van der Waals surface area contributed by atoms with Gasteiger partial charge in [0.15, 0.2) is 0 Å². The van der Waals surface area contributed by atoms with E-state index in [4.69, 9.17) is 13.9 Å². The van der Waals surface area contributed by atoms with E-state index in [0.717, 1.165) is 19.3 Å². The van der Waals surface area contributed by atoms with Crippen molar-refractivity contribution in [1.29, 1.82) is 0 Å². The number of carboxylic acids is 1. The standard InChI is InChI=1S/C26H30O7/c1-4-5-6-7-8-9-12-31-19-14-20(16(2)32-17(3)27)25-22(15-19)24(28)21-13-18(26(29)30)10-11-23(21)33-25/h10-11,13-16H,4-9,12H2,1-3H3,(H,29,30). The van der Waals surface area contributed by atoms with Gasteiger partial charge in [-0.2, -0.15) is 0 Å². The molecule has 7 nitrogen and oxygen atoms in total. The van der Waals surface area contributed by atoms with Gasteiger partial charge in [-0.25, -0.2) is 4.79 Å². The number of esters is 1. The molecule has 0 aliphatic carbocycles. The van der Waals surface area contributed by atoms with Gasteiger partial charge < -0.3 is 19.0 Å². The Morgan fingerprint density at radius 3 is 2.45 bits per heavy atom. The third-order valence-electron chi connectivity index (χ3n) is 5.57. The minimum absolute atomic E-state index is 0.00173. The van der Waals surface area contributed by atoms with Gasteiger partial charge in [0.2, 0.25) is 5.43 Å². The Kier molecular flexibility index (Phi) is 8.09. The molecule has 0 aliphatic heterocycles. The predicted molar refractivity (Wildman–Crippen MR) is 126 cm³/mol. The van der Waals surface area contributed by atoms with Gasteiger partial charge in [-0.3, -0.25) is 9.59 Å². The Labute approximate surface area is 192 Å². The normalized spacial score (nSPS) is 12.1. The van der Waals surface area contributed by atoms with Crippen molar-refractivity contribution >= 4 is 33.9 Å². The maximum atomic E-state index is 13.3. The zero-order valence-electron chi connectivity index (χ0n) is 19.3. The number of hydrogen-bond donors (Lipinski definition) is 1. The summed E-state index contributed by atoms with van der Waals surface area (Å²) >= 11 is 0. The lowest BCUT2D eigenvalue weighted by Gasteiger charge is -2.16. The number of rotatable bonds is 11. The average Bonchev–Trinajstić information content (AvgIpc) is 2.77. The van der Waals surface area contributed by atoms with Crippen LogP contribution in [0.3, 0.4) is 0 Å². The first-order chi connectivity index (χ1) is 15.8. The van der Waals surface area contributed by atoms with Crippen molar-refractivity contribution in [2.75, 3.05) is 6.61 Å². The van der Waals surface area contributed by atoms with Crippen LogP contribution in [0.5, 0.6) is 5.75 Å². The van der Waals surface area contributed by atoms with Crippen molar-refractivity contribution < 1.29 is 28.6 Å². The topological polar surface area (TPSA) is 103 Å². The molecule has 0 aliphatic rings. The monoisotopic (exact) mass is 454 g/mol. The largest absolute Gasteiger partial charge is 0.494 e. The van der Waals surface area contributed by atoms with Crippen LogP contribution in [0.15, 0.2) is 39.5 Å². The van der Waals surface area contributed by atoms with Crippen LogP contribution in [-0.4, -0.2) is 23.7 Å². The molecule has 1 unspecified atom stereocenters. The van der Waals surface area contributed by atoms with Gasteiger partial charge >= 0.3 is 11.9 Å². The number of carbonyl (C=O) groups is 2. The summed E-state index contributed by atoms with van der Waals surface area (Å²) in [6.07, 6.45) is 6.09. The number of hydrogen-bond acceptors (Lipinski definition) is 6. The average molecular weight is 455 g/mol. The van der Waals surface area contributed by atoms with Crippen molar-refractivity contribution in [3.05, 3.63) is 51.7 Å². The van der Waals surface area contributed by atoms with E-state index in [-0.39, 0.29) is 32.9 Å². The van der Waals surface area contributed by atoms with Crippen LogP contribution >= 0.6 is 0 Å². The summed E-state index contributed by atoms with van der Waals surface area (Å²) in [5.41, 5.74) is 0.696. The molecule has 3 aromatic rings. The molecule has 176 valence electrons. The lowest BCUT2D eigenvalue weighted by atomic mass is 10.0. The second-order valence-electron chi connectivity index (χ2n) is 8.20. The van der Waals surface area contributed by atoms with Crippen molar-refractivity contribution in [2.24, 2.45) is 0 Å². The van der Waals surface area contributed by atoms with Crippen LogP contribution in [-0.2, 0) is 9.53 Å². The highest BCUT2D eigenvalue weighted by Crippen LogP contribution is 2.32. The van der Waals surface area contributed by atoms with Crippen LogP contribution in [0.4, 0.5) is 0 Å². The molecule has 1 aromatic heterocycles. The third-order valence-corrected chi connectivity index (χ3v) is 5.57. The highest BCUT2D eigenvalue weighted by atomic mass is 16.5. The molecule has 0 spiro atoms. The van der Waals surface area contributed by atoms with E-state index >= 15 is 0 Å². The number of fused-ring (bicyclic) bond motifs is 2. The number of aromatic carboxylic acids is 1. The van der Waals surface area contributed by atoms with Crippen molar-refractivity contribution in [1.82, 2.24) is 0 Å². The Balaban J connectivity index is 2.00. The lowest BCUT2D eigenvalue weighted by Crippen LogP contribution is -2.10. The Morgan fingerprint density at radius 1 is 1.03 bits per heavy atom. The molecule has 7 heteroatoms. The smallest absolute Gasteiger partial charge is 0.335 e. The van der Waals surface area contributed by atoms with Gasteiger partial charge in [-0.05, 0) is 43.7 Å². The van der Waals surface area contributed by atoms with E-state index in [0.29, 0.717) is 17.9 Å². The van der Waals surface area contributed by atoms with Crippen LogP contribution in [0.2, 0.25) is 0 Å². The highest BCUT2D eigenvalue weighted by Gasteiger charge is 2.20. The summed E-state index contributed by atoms with van der Waals surface area (Å²) < 4.78 is 17.3. The Morgan fingerprint density at radius 2 is 1.76 bits per heavy atom. The summed E-state index contributed by atoms with van der Waals surface area (Å²) in [4.78, 5) is 36.2. The third kappa shape index (κ3) is 5.92. The van der Waals surface area contributed by atoms with Gasteiger partial charge in [0.05, 0.1) is 22.9 Å². The van der Waals surface area contributed by atoms with E-state index in [2.05, 4.69) is 6.92 Å². The molecule has 0 saturated carbocycles. The van der Waals surface area contributed by atoms with Crippen LogP contribution in [0.1, 0.15) is 81.3 Å². The van der Waals surface area contributed by atoms with Gasteiger partial charge in [0.1, 0.15) is 23.0 Å². The van der Waals surface area contributed by atoms with Gasteiger partial charge in [-0.15, -0.1) is 0 Å². The summed E-state index contributed by atoms with van der Waals surface area (Å²) in [7, 11) is 0. The fourth-order valence-electron chi connectivity index (χ4n) is 3.86. The second kappa shape index (κ2) is 11.0. The fraction of sp³-hybridized carbons (Fsp3) is 0.423. The van der Waals surface area contributed by atoms with Crippen molar-refractivity contribution in [3.8, 4) is 5.75 Å². The van der Waals surface area contributed by atoms with Gasteiger partial charge in [-0.1, -0.05) is 39.0 Å². The summed E-state index contributed by atoms with van der Waals surface area (Å²) in [5.74, 6) is -1.11. The van der Waals surface area contributed by atoms with Crippen LogP contribution in [0, 0.1) is 0 Å². The van der Waals surface area contributed by atoms with Gasteiger partial charge in [0, 0.05) is 12.5 Å². The first kappa shape index (κ1) is 24.3. The van der Waals surface area contributed by atoms with E-state index in [1.54, 1.807) is 19.1 Å². The molecule has 1 heterocycles. The molecular weight excluding hydrogens is 424 g/mol. The summed E-state index contributed by atoms with van der Waals surface area (Å²) in [6, 6.07) is 7.49. The van der Waals surface area contributed by atoms with Crippen molar-refractivity contribution in [2.45, 2.75) is 65.4 Å². The number of carbonyl (C=O) groups excluding carboxylic acids is 1. The van der Waals surface area contributed by atoms with E-state index in [1.807, 2.05) is 0 Å². The minimum atomic E-state index is -1.13. The number of unbranched alkanes of at least 4 members (excludes halogenated alkanes) is 5. The first-order valence-electron chi connectivity index (χ1n) is 11.4. The maximum Gasteiger partial charge on any atom is 0.335 e. The van der Waals surface area contributed by atoms with E-state index in [9.17, 15) is 19.5 Å². The zero-order chi connectivity index (χ0) is 24.0. The van der Waals surface area contributed by atoms with Crippen LogP contribution in [0.25, 0.3) is 21.9 Å². The summed E-state index contributed by atoms with van der Waals surface area (Å²) in [6.45, 7) is 5.70. The number of ether oxygens (including phenoxy) is 2. The SMILES string of the molecule is CCCCCCCCOc1cc(C(C)OC(C)=O)c2oc3ccc(C(=O)O)cc3c(=O)c2c1. The molecule has 0 saturated heterocycles. The molecule has 2 aromatic carbocycles. The molecule has 0 amide bonds. The molecule has 0 bridgehead atoms. The van der Waals surface area contributed by atoms with Crippen molar-refractivity contribution in [3.63, 3.8) is 0 Å².